The Kier molecular flexibility index (Phi) is 7.46. The van der Waals surface area contributed by atoms with Crippen molar-refractivity contribution in [3.05, 3.63) is 0 Å². The average Bonchev–Trinajstić information content (AvgIpc) is 2.41. The number of aliphatic hydroxyl groups excluding tert-OH is 1. The van der Waals surface area contributed by atoms with E-state index in [2.05, 4.69) is 6.92 Å². The van der Waals surface area contributed by atoms with Gasteiger partial charge in [0.1, 0.15) is 0 Å². The molecule has 1 atom stereocenters. The molecule has 0 radical (unpaired) electrons. The molecule has 0 bridgehead atoms. The van der Waals surface area contributed by atoms with Gasteiger partial charge in [0.05, 0.1) is 44.8 Å². The molecule has 0 saturated carbocycles. The second-order valence-electron chi connectivity index (χ2n) is 6.32. The Hall–Kier alpha value is -0.810. The predicted octanol–water partition coefficient (Wildman–Crippen LogP) is 2.09. The molecule has 0 aromatic rings. The number of hydrogen-bond donors (Lipinski definition) is 1. The summed E-state index contributed by atoms with van der Waals surface area (Å²) in [6.45, 7) is 14.4. The number of carbonyl (C=O) groups excluding carboxylic acids is 1. The van der Waals surface area contributed by atoms with Crippen LogP contribution in [0.3, 0.4) is 0 Å². The van der Waals surface area contributed by atoms with E-state index in [0.717, 1.165) is 37.0 Å². The van der Waals surface area contributed by atoms with Crippen LogP contribution >= 0.6 is 0 Å². The Labute approximate surface area is 129 Å². The fraction of sp³-hybridized carbons (Fsp3) is 0.938. The molecule has 0 aliphatic carbocycles. The van der Waals surface area contributed by atoms with Gasteiger partial charge in [-0.05, 0) is 34.1 Å². The molecule has 124 valence electrons. The fourth-order valence-corrected chi connectivity index (χ4v) is 3.22. The van der Waals surface area contributed by atoms with Gasteiger partial charge in [-0.1, -0.05) is 0 Å². The molecular weight excluding hydrogens is 268 g/mol. The molecule has 1 saturated heterocycles. The summed E-state index contributed by atoms with van der Waals surface area (Å²) in [7, 11) is 0. The molecular formula is C16H33N2O3+. The van der Waals surface area contributed by atoms with Gasteiger partial charge in [-0.15, -0.1) is 0 Å². The summed E-state index contributed by atoms with van der Waals surface area (Å²) >= 11 is 0. The maximum atomic E-state index is 11.7. The van der Waals surface area contributed by atoms with E-state index >= 15 is 0 Å². The van der Waals surface area contributed by atoms with E-state index in [0.29, 0.717) is 19.1 Å². The van der Waals surface area contributed by atoms with Crippen LogP contribution in [0.1, 0.15) is 40.5 Å². The Morgan fingerprint density at radius 1 is 1.38 bits per heavy atom. The van der Waals surface area contributed by atoms with Gasteiger partial charge in [0.15, 0.2) is 0 Å². The Balaban J connectivity index is 2.31. The first kappa shape index (κ1) is 18.2. The summed E-state index contributed by atoms with van der Waals surface area (Å²) in [5.41, 5.74) is 0. The predicted molar refractivity (Wildman–Crippen MR) is 84.1 cm³/mol. The summed E-state index contributed by atoms with van der Waals surface area (Å²) in [4.78, 5) is 13.5. The average molecular weight is 301 g/mol. The van der Waals surface area contributed by atoms with Gasteiger partial charge in [-0.2, -0.15) is 0 Å². The smallest absolute Gasteiger partial charge is 0.409 e. The summed E-state index contributed by atoms with van der Waals surface area (Å²) in [5.74, 6) is 0.697. The number of quaternary nitrogens is 1. The highest BCUT2D eigenvalue weighted by Gasteiger charge is 2.42. The van der Waals surface area contributed by atoms with Crippen LogP contribution in [0.2, 0.25) is 0 Å². The summed E-state index contributed by atoms with van der Waals surface area (Å²) in [6, 6.07) is 0. The third kappa shape index (κ3) is 5.47. The molecule has 5 heteroatoms. The van der Waals surface area contributed by atoms with Crippen molar-refractivity contribution in [1.29, 1.82) is 0 Å². The number of rotatable bonds is 9. The zero-order valence-corrected chi connectivity index (χ0v) is 14.2. The van der Waals surface area contributed by atoms with Gasteiger partial charge < -0.3 is 19.2 Å². The van der Waals surface area contributed by atoms with Gasteiger partial charge in [-0.25, -0.2) is 4.79 Å². The summed E-state index contributed by atoms with van der Waals surface area (Å²) < 4.78 is 6.19. The molecule has 1 N–H and O–H groups in total. The maximum Gasteiger partial charge on any atom is 0.409 e. The Morgan fingerprint density at radius 3 is 2.52 bits per heavy atom. The van der Waals surface area contributed by atoms with Crippen molar-refractivity contribution in [3.63, 3.8) is 0 Å². The van der Waals surface area contributed by atoms with E-state index in [-0.39, 0.29) is 12.2 Å². The number of aliphatic hydroxyl groups is 1. The van der Waals surface area contributed by atoms with Gasteiger partial charge in [0.2, 0.25) is 0 Å². The third-order valence-electron chi connectivity index (χ3n) is 4.70. The van der Waals surface area contributed by atoms with E-state index in [4.69, 9.17) is 4.74 Å². The van der Waals surface area contributed by atoms with Crippen LogP contribution in [0, 0.1) is 5.92 Å². The number of likely N-dealkylation sites (tertiary alicyclic amines) is 1. The highest BCUT2D eigenvalue weighted by molar-refractivity contribution is 5.67. The topological polar surface area (TPSA) is 49.8 Å². The van der Waals surface area contributed by atoms with Gasteiger partial charge in [0.25, 0.3) is 0 Å². The number of nitrogens with zero attached hydrogens (tertiary/aromatic N) is 2. The zero-order chi connectivity index (χ0) is 15.9. The van der Waals surface area contributed by atoms with Gasteiger partial charge >= 0.3 is 6.09 Å². The molecule has 5 nitrogen and oxygen atoms in total. The van der Waals surface area contributed by atoms with Gasteiger partial charge in [0, 0.05) is 19.5 Å². The standard InChI is InChI=1S/C16H33N2O3/c1-5-17(16(20)21-7-3)10-8-15-12-18(6-2,13-15)11-9-14(4)19/h14-15,19H,5-13H2,1-4H3/q+1. The fourth-order valence-electron chi connectivity index (χ4n) is 3.22. The lowest BCUT2D eigenvalue weighted by molar-refractivity contribution is -0.972. The lowest BCUT2D eigenvalue weighted by Gasteiger charge is -2.50. The molecule has 1 unspecified atom stereocenters. The van der Waals surface area contributed by atoms with Crippen LogP contribution in [-0.2, 0) is 4.74 Å². The van der Waals surface area contributed by atoms with Crippen molar-refractivity contribution in [2.45, 2.75) is 46.6 Å². The van der Waals surface area contributed by atoms with Crippen molar-refractivity contribution in [3.8, 4) is 0 Å². The van der Waals surface area contributed by atoms with E-state index < -0.39 is 0 Å². The highest BCUT2D eigenvalue weighted by Crippen LogP contribution is 2.29. The molecule has 1 fully saturated rings. The lowest BCUT2D eigenvalue weighted by Crippen LogP contribution is -2.64. The molecule has 21 heavy (non-hydrogen) atoms. The van der Waals surface area contributed by atoms with Gasteiger partial charge in [-0.3, -0.25) is 0 Å². The zero-order valence-electron chi connectivity index (χ0n) is 14.2. The van der Waals surface area contributed by atoms with Crippen LogP contribution in [0.15, 0.2) is 0 Å². The normalized spacial score (nSPS) is 26.0. The van der Waals surface area contributed by atoms with Crippen LogP contribution in [0.25, 0.3) is 0 Å². The van der Waals surface area contributed by atoms with E-state index in [9.17, 15) is 9.90 Å². The van der Waals surface area contributed by atoms with E-state index in [1.165, 1.54) is 13.1 Å². The van der Waals surface area contributed by atoms with Crippen molar-refractivity contribution in [2.75, 3.05) is 45.9 Å². The monoisotopic (exact) mass is 301 g/mol. The highest BCUT2D eigenvalue weighted by atomic mass is 16.6. The first-order valence-electron chi connectivity index (χ1n) is 8.41. The Morgan fingerprint density at radius 2 is 2.05 bits per heavy atom. The summed E-state index contributed by atoms with van der Waals surface area (Å²) in [6.07, 6.45) is 1.54. The van der Waals surface area contributed by atoms with Crippen LogP contribution in [0.5, 0.6) is 0 Å². The molecule has 0 spiro atoms. The number of hydrogen-bond acceptors (Lipinski definition) is 3. The minimum absolute atomic E-state index is 0.190. The van der Waals surface area contributed by atoms with E-state index in [1.54, 1.807) is 4.90 Å². The second kappa shape index (κ2) is 8.59. The van der Waals surface area contributed by atoms with Crippen LogP contribution < -0.4 is 0 Å². The van der Waals surface area contributed by atoms with Crippen molar-refractivity contribution in [1.82, 2.24) is 4.90 Å². The molecule has 0 aromatic heterocycles. The molecule has 1 heterocycles. The number of amides is 1. The summed E-state index contributed by atoms with van der Waals surface area (Å²) in [5, 5.41) is 9.45. The minimum atomic E-state index is -0.204. The second-order valence-corrected chi connectivity index (χ2v) is 6.32. The van der Waals surface area contributed by atoms with Crippen LogP contribution in [-0.4, -0.2) is 72.6 Å². The molecule has 1 aliphatic heterocycles. The quantitative estimate of drug-likeness (QED) is 0.664. The molecule has 1 rings (SSSR count). The van der Waals surface area contributed by atoms with Crippen molar-refractivity contribution >= 4 is 6.09 Å². The molecule has 1 aliphatic rings. The minimum Gasteiger partial charge on any atom is -0.450 e. The number of carbonyl (C=O) groups is 1. The SMILES string of the molecule is CCOC(=O)N(CC)CCC1C[N+](CC)(CCC(C)O)C1. The first-order chi connectivity index (χ1) is 9.96. The van der Waals surface area contributed by atoms with E-state index in [1.807, 2.05) is 20.8 Å². The number of ether oxygens (including phenoxy) is 1. The largest absolute Gasteiger partial charge is 0.450 e. The van der Waals surface area contributed by atoms with Crippen LogP contribution in [0.4, 0.5) is 4.79 Å². The Bertz CT molecular complexity index is 315. The molecule has 0 aromatic carbocycles. The lowest BCUT2D eigenvalue weighted by atomic mass is 9.91. The first-order valence-corrected chi connectivity index (χ1v) is 8.41. The van der Waals surface area contributed by atoms with Crippen molar-refractivity contribution in [2.24, 2.45) is 5.92 Å². The maximum absolute atomic E-state index is 11.7. The third-order valence-corrected chi connectivity index (χ3v) is 4.70. The molecule has 1 amide bonds. The van der Waals surface area contributed by atoms with Crippen molar-refractivity contribution < 1.29 is 19.1 Å².